The van der Waals surface area contributed by atoms with Crippen LogP contribution in [0.5, 0.6) is 0 Å². The van der Waals surface area contributed by atoms with Crippen molar-refractivity contribution in [3.63, 3.8) is 0 Å². The first-order valence-corrected chi connectivity index (χ1v) is 9.10. The lowest BCUT2D eigenvalue weighted by atomic mass is 9.46. The van der Waals surface area contributed by atoms with Crippen molar-refractivity contribution in [2.24, 2.45) is 23.0 Å². The number of carbonyl (C=O) groups is 1. The van der Waals surface area contributed by atoms with Crippen LogP contribution < -0.4 is 5.73 Å². The summed E-state index contributed by atoms with van der Waals surface area (Å²) in [6.45, 7) is 0.143. The van der Waals surface area contributed by atoms with Gasteiger partial charge in [0, 0.05) is 6.04 Å². The number of nitrogens with zero attached hydrogens (tertiary/aromatic N) is 2. The summed E-state index contributed by atoms with van der Waals surface area (Å²) in [6.07, 6.45) is 8.69. The summed E-state index contributed by atoms with van der Waals surface area (Å²) >= 11 is 0. The van der Waals surface area contributed by atoms with E-state index in [9.17, 15) is 9.90 Å². The molecule has 3 atom stereocenters. The van der Waals surface area contributed by atoms with Gasteiger partial charge in [0.25, 0.3) is 0 Å². The zero-order chi connectivity index (χ0) is 16.2. The Labute approximate surface area is 137 Å². The van der Waals surface area contributed by atoms with Crippen LogP contribution in [0.2, 0.25) is 0 Å². The second kappa shape index (κ2) is 5.19. The molecule has 0 heterocycles. The first-order valence-electron chi connectivity index (χ1n) is 9.10. The molecule has 5 fully saturated rings. The van der Waals surface area contributed by atoms with E-state index < -0.39 is 11.6 Å². The Morgan fingerprint density at radius 3 is 2.43 bits per heavy atom. The first-order chi connectivity index (χ1) is 10.9. The van der Waals surface area contributed by atoms with E-state index in [1.54, 1.807) is 4.90 Å². The van der Waals surface area contributed by atoms with Crippen LogP contribution in [-0.4, -0.2) is 40.1 Å². The van der Waals surface area contributed by atoms with E-state index in [4.69, 9.17) is 11.0 Å². The number of nitriles is 1. The summed E-state index contributed by atoms with van der Waals surface area (Å²) in [5.74, 6) is 0.989. The fourth-order valence-corrected chi connectivity index (χ4v) is 6.25. The van der Waals surface area contributed by atoms with Crippen molar-refractivity contribution in [3.8, 4) is 6.07 Å². The van der Waals surface area contributed by atoms with Crippen molar-refractivity contribution < 1.29 is 9.90 Å². The third-order valence-corrected chi connectivity index (χ3v) is 7.04. The SMILES string of the molecule is N#CCN(C(=O)C(N)C12CC3CC(CC(O)(C3)C1)C2)C1CCC1. The Hall–Kier alpha value is -1.12. The van der Waals surface area contributed by atoms with Crippen LogP contribution in [0.4, 0.5) is 0 Å². The molecule has 0 radical (unpaired) electrons. The van der Waals surface area contributed by atoms with Crippen LogP contribution in [0, 0.1) is 28.6 Å². The molecule has 23 heavy (non-hydrogen) atoms. The first kappa shape index (κ1) is 15.4. The van der Waals surface area contributed by atoms with Gasteiger partial charge in [0.15, 0.2) is 0 Å². The van der Waals surface area contributed by atoms with Gasteiger partial charge in [-0.15, -0.1) is 0 Å². The molecule has 5 nitrogen and oxygen atoms in total. The molecule has 3 N–H and O–H groups in total. The maximum atomic E-state index is 13.1. The predicted molar refractivity (Wildman–Crippen MR) is 85.0 cm³/mol. The van der Waals surface area contributed by atoms with E-state index in [0.717, 1.165) is 44.9 Å². The van der Waals surface area contributed by atoms with Crippen LogP contribution in [0.3, 0.4) is 0 Å². The average Bonchev–Trinajstić information content (AvgIpc) is 2.40. The zero-order valence-corrected chi connectivity index (χ0v) is 13.7. The van der Waals surface area contributed by atoms with E-state index in [1.165, 1.54) is 6.42 Å². The minimum absolute atomic E-state index is 0.0539. The molecule has 126 valence electrons. The van der Waals surface area contributed by atoms with Crippen molar-refractivity contribution in [1.29, 1.82) is 5.26 Å². The van der Waals surface area contributed by atoms with E-state index >= 15 is 0 Å². The normalized spacial score (nSPS) is 42.8. The van der Waals surface area contributed by atoms with Crippen LogP contribution in [0.1, 0.15) is 57.8 Å². The van der Waals surface area contributed by atoms with Crippen molar-refractivity contribution in [1.82, 2.24) is 4.90 Å². The van der Waals surface area contributed by atoms with Gasteiger partial charge in [-0.3, -0.25) is 4.79 Å². The molecule has 0 aromatic carbocycles. The Morgan fingerprint density at radius 2 is 1.96 bits per heavy atom. The molecule has 5 aliphatic carbocycles. The second-order valence-corrected chi connectivity index (χ2v) is 8.73. The molecule has 3 unspecified atom stereocenters. The quantitative estimate of drug-likeness (QED) is 0.770. The number of carbonyl (C=O) groups excluding carboxylic acids is 1. The molecule has 4 bridgehead atoms. The molecule has 0 saturated heterocycles. The van der Waals surface area contributed by atoms with Crippen LogP contribution in [0.15, 0.2) is 0 Å². The molecule has 0 aromatic rings. The number of aliphatic hydroxyl groups is 1. The lowest BCUT2D eigenvalue weighted by molar-refractivity contribution is -0.178. The number of nitrogens with two attached hydrogens (primary N) is 1. The van der Waals surface area contributed by atoms with E-state index in [1.807, 2.05) is 0 Å². The summed E-state index contributed by atoms with van der Waals surface area (Å²) in [6, 6.07) is 1.77. The van der Waals surface area contributed by atoms with E-state index in [-0.39, 0.29) is 23.9 Å². The molecule has 1 amide bonds. The van der Waals surface area contributed by atoms with Gasteiger partial charge < -0.3 is 15.7 Å². The van der Waals surface area contributed by atoms with Crippen LogP contribution in [-0.2, 0) is 4.79 Å². The summed E-state index contributed by atoms with van der Waals surface area (Å²) < 4.78 is 0. The minimum Gasteiger partial charge on any atom is -0.390 e. The van der Waals surface area contributed by atoms with Crippen molar-refractivity contribution in [2.45, 2.75) is 75.5 Å². The van der Waals surface area contributed by atoms with E-state index in [2.05, 4.69) is 6.07 Å². The number of hydrogen-bond donors (Lipinski definition) is 2. The molecular weight excluding hydrogens is 290 g/mol. The zero-order valence-electron chi connectivity index (χ0n) is 13.7. The highest BCUT2D eigenvalue weighted by Gasteiger charge is 2.60. The molecule has 0 spiro atoms. The Kier molecular flexibility index (Phi) is 3.48. The van der Waals surface area contributed by atoms with Crippen molar-refractivity contribution >= 4 is 5.91 Å². The maximum absolute atomic E-state index is 13.1. The largest absolute Gasteiger partial charge is 0.390 e. The summed E-state index contributed by atoms with van der Waals surface area (Å²) in [5.41, 5.74) is 5.67. The Bertz CT molecular complexity index is 537. The number of hydrogen-bond acceptors (Lipinski definition) is 4. The van der Waals surface area contributed by atoms with E-state index in [0.29, 0.717) is 18.3 Å². The average molecular weight is 317 g/mol. The monoisotopic (exact) mass is 317 g/mol. The smallest absolute Gasteiger partial charge is 0.241 e. The van der Waals surface area contributed by atoms with Gasteiger partial charge in [-0.2, -0.15) is 5.26 Å². The van der Waals surface area contributed by atoms with Gasteiger partial charge in [-0.05, 0) is 75.0 Å². The van der Waals surface area contributed by atoms with Gasteiger partial charge >= 0.3 is 0 Å². The fourth-order valence-electron chi connectivity index (χ4n) is 6.25. The third kappa shape index (κ3) is 2.38. The van der Waals surface area contributed by atoms with Gasteiger partial charge in [-0.25, -0.2) is 0 Å². The van der Waals surface area contributed by atoms with Crippen LogP contribution in [0.25, 0.3) is 0 Å². The molecule has 5 saturated carbocycles. The molecule has 5 rings (SSSR count). The molecule has 0 aromatic heterocycles. The topological polar surface area (TPSA) is 90.4 Å². The standard InChI is InChI=1S/C18H27N3O2/c19-4-5-21(14-2-1-3-14)16(22)15(20)17-7-12-6-13(8-17)10-18(23,9-12)11-17/h12-15,23H,1-3,5-11,20H2. The summed E-state index contributed by atoms with van der Waals surface area (Å²) in [5, 5.41) is 20.0. The predicted octanol–water partition coefficient (Wildman–Crippen LogP) is 1.55. The lowest BCUT2D eigenvalue weighted by Crippen LogP contribution is -2.65. The highest BCUT2D eigenvalue weighted by Crippen LogP contribution is 2.62. The third-order valence-electron chi connectivity index (χ3n) is 7.04. The fraction of sp³-hybridized carbons (Fsp3) is 0.889. The highest BCUT2D eigenvalue weighted by atomic mass is 16.3. The maximum Gasteiger partial charge on any atom is 0.241 e. The Balaban J connectivity index is 1.57. The van der Waals surface area contributed by atoms with Crippen molar-refractivity contribution in [2.75, 3.05) is 6.54 Å². The highest BCUT2D eigenvalue weighted by molar-refractivity contribution is 5.83. The van der Waals surface area contributed by atoms with Crippen LogP contribution >= 0.6 is 0 Å². The minimum atomic E-state index is -0.599. The molecule has 0 aliphatic heterocycles. The summed E-state index contributed by atoms with van der Waals surface area (Å²) in [7, 11) is 0. The van der Waals surface area contributed by atoms with Gasteiger partial charge in [0.05, 0.1) is 17.7 Å². The van der Waals surface area contributed by atoms with Gasteiger partial charge in [0.2, 0.25) is 5.91 Å². The summed E-state index contributed by atoms with van der Waals surface area (Å²) in [4.78, 5) is 14.8. The van der Waals surface area contributed by atoms with Gasteiger partial charge in [-0.1, -0.05) is 0 Å². The van der Waals surface area contributed by atoms with Gasteiger partial charge in [0.1, 0.15) is 6.54 Å². The number of amides is 1. The molecular formula is C18H27N3O2. The van der Waals surface area contributed by atoms with Crippen molar-refractivity contribution in [3.05, 3.63) is 0 Å². The number of rotatable bonds is 4. The lowest BCUT2D eigenvalue weighted by Gasteiger charge is -2.62. The second-order valence-electron chi connectivity index (χ2n) is 8.73. The Morgan fingerprint density at radius 1 is 1.30 bits per heavy atom. The molecule has 5 heteroatoms. The molecule has 5 aliphatic rings.